The molecule has 0 saturated carbocycles. The molecule has 0 aromatic heterocycles. The first-order valence-electron chi connectivity index (χ1n) is 5.87. The number of carbonyl (C=O) groups is 1. The number of methoxy groups -OCH3 is 1. The summed E-state index contributed by atoms with van der Waals surface area (Å²) in [6, 6.07) is 4.07. The standard InChI is InChI=1S/C12H19N3O4S/c1-8-6-9(14-12(16)10(13)7-19-2)4-5-11(8)15-20(3,17)18/h4-6,10,15H,7,13H2,1-3H3,(H,14,16). The van der Waals surface area contributed by atoms with Crippen molar-refractivity contribution in [3.8, 4) is 0 Å². The number of benzene rings is 1. The molecule has 1 amide bonds. The van der Waals surface area contributed by atoms with Gasteiger partial charge < -0.3 is 15.8 Å². The third-order valence-corrected chi connectivity index (χ3v) is 3.06. The smallest absolute Gasteiger partial charge is 0.243 e. The lowest BCUT2D eigenvalue weighted by atomic mass is 10.2. The lowest BCUT2D eigenvalue weighted by molar-refractivity contribution is -0.118. The number of carbonyl (C=O) groups excluding carboxylic acids is 1. The van der Waals surface area contributed by atoms with Gasteiger partial charge in [0.25, 0.3) is 0 Å². The number of anilines is 2. The molecule has 20 heavy (non-hydrogen) atoms. The number of nitrogens with one attached hydrogen (secondary N) is 2. The van der Waals surface area contributed by atoms with Crippen LogP contribution >= 0.6 is 0 Å². The molecular weight excluding hydrogens is 282 g/mol. The normalized spacial score (nSPS) is 12.8. The first kappa shape index (κ1) is 16.4. The minimum atomic E-state index is -3.33. The zero-order chi connectivity index (χ0) is 15.3. The Bertz CT molecular complexity index is 586. The van der Waals surface area contributed by atoms with Crippen molar-refractivity contribution in [3.63, 3.8) is 0 Å². The molecular formula is C12H19N3O4S. The van der Waals surface area contributed by atoms with E-state index in [0.717, 1.165) is 6.26 Å². The summed E-state index contributed by atoms with van der Waals surface area (Å²) < 4.78 is 29.5. The van der Waals surface area contributed by atoms with Crippen molar-refractivity contribution in [2.24, 2.45) is 5.73 Å². The molecule has 4 N–H and O–H groups in total. The zero-order valence-electron chi connectivity index (χ0n) is 11.6. The van der Waals surface area contributed by atoms with Crippen LogP contribution in [0.25, 0.3) is 0 Å². The van der Waals surface area contributed by atoms with Gasteiger partial charge in [0.1, 0.15) is 6.04 Å². The lowest BCUT2D eigenvalue weighted by Crippen LogP contribution is -2.39. The number of aryl methyl sites for hydroxylation is 1. The van der Waals surface area contributed by atoms with Crippen molar-refractivity contribution in [2.45, 2.75) is 13.0 Å². The van der Waals surface area contributed by atoms with Gasteiger partial charge in [-0.3, -0.25) is 9.52 Å². The maximum Gasteiger partial charge on any atom is 0.243 e. The maximum atomic E-state index is 11.7. The molecule has 0 spiro atoms. The third-order valence-electron chi connectivity index (χ3n) is 2.47. The molecule has 1 aromatic carbocycles. The van der Waals surface area contributed by atoms with Crippen LogP contribution in [-0.2, 0) is 19.6 Å². The largest absolute Gasteiger partial charge is 0.383 e. The molecule has 0 saturated heterocycles. The highest BCUT2D eigenvalue weighted by Crippen LogP contribution is 2.20. The van der Waals surface area contributed by atoms with Crippen molar-refractivity contribution >= 4 is 27.3 Å². The first-order chi connectivity index (χ1) is 9.23. The Morgan fingerprint density at radius 3 is 2.60 bits per heavy atom. The van der Waals surface area contributed by atoms with Crippen LogP contribution in [0.15, 0.2) is 18.2 Å². The topological polar surface area (TPSA) is 111 Å². The molecule has 1 aromatic rings. The maximum absolute atomic E-state index is 11.7. The Labute approximate surface area is 118 Å². The van der Waals surface area contributed by atoms with Gasteiger partial charge in [-0.25, -0.2) is 8.42 Å². The number of nitrogens with two attached hydrogens (primary N) is 1. The van der Waals surface area contributed by atoms with Gasteiger partial charge in [-0.2, -0.15) is 0 Å². The Hall–Kier alpha value is -1.64. The average molecular weight is 301 g/mol. The number of hydrogen-bond donors (Lipinski definition) is 3. The van der Waals surface area contributed by atoms with E-state index >= 15 is 0 Å². The predicted molar refractivity (Wildman–Crippen MR) is 78.1 cm³/mol. The van der Waals surface area contributed by atoms with Gasteiger partial charge in [-0.05, 0) is 30.7 Å². The minimum absolute atomic E-state index is 0.124. The van der Waals surface area contributed by atoms with Crippen LogP contribution in [0.3, 0.4) is 0 Å². The van der Waals surface area contributed by atoms with E-state index in [2.05, 4.69) is 10.0 Å². The molecule has 0 radical (unpaired) electrons. The van der Waals surface area contributed by atoms with E-state index in [0.29, 0.717) is 16.9 Å². The second-order valence-electron chi connectivity index (χ2n) is 4.46. The SMILES string of the molecule is COCC(N)C(=O)Nc1ccc(NS(C)(=O)=O)c(C)c1. The zero-order valence-corrected chi connectivity index (χ0v) is 12.5. The van der Waals surface area contributed by atoms with Gasteiger partial charge in [0, 0.05) is 12.8 Å². The summed E-state index contributed by atoms with van der Waals surface area (Å²) in [7, 11) is -1.87. The van der Waals surface area contributed by atoms with Gasteiger partial charge in [-0.15, -0.1) is 0 Å². The van der Waals surface area contributed by atoms with E-state index in [4.69, 9.17) is 10.5 Å². The van der Waals surface area contributed by atoms with Crippen LogP contribution in [-0.4, -0.2) is 40.3 Å². The quantitative estimate of drug-likeness (QED) is 0.699. The van der Waals surface area contributed by atoms with Crippen LogP contribution in [0.5, 0.6) is 0 Å². The molecule has 0 aliphatic rings. The second kappa shape index (κ2) is 6.69. The van der Waals surface area contributed by atoms with E-state index in [1.807, 2.05) is 0 Å². The lowest BCUT2D eigenvalue weighted by Gasteiger charge is -2.13. The molecule has 0 fully saturated rings. The molecule has 1 unspecified atom stereocenters. The predicted octanol–water partition coefficient (Wildman–Crippen LogP) is 0.279. The summed E-state index contributed by atoms with van der Waals surface area (Å²) in [5.74, 6) is -0.366. The van der Waals surface area contributed by atoms with Crippen molar-refractivity contribution in [1.29, 1.82) is 0 Å². The number of sulfonamides is 1. The fourth-order valence-electron chi connectivity index (χ4n) is 1.55. The Kier molecular flexibility index (Phi) is 5.49. The molecule has 0 bridgehead atoms. The summed E-state index contributed by atoms with van der Waals surface area (Å²) in [5, 5.41) is 2.64. The Morgan fingerprint density at radius 1 is 1.45 bits per heavy atom. The fourth-order valence-corrected chi connectivity index (χ4v) is 2.17. The molecule has 0 aliphatic heterocycles. The van der Waals surface area contributed by atoms with Crippen LogP contribution < -0.4 is 15.8 Å². The van der Waals surface area contributed by atoms with Gasteiger partial charge in [0.15, 0.2) is 0 Å². The monoisotopic (exact) mass is 301 g/mol. The van der Waals surface area contributed by atoms with E-state index in [-0.39, 0.29) is 12.5 Å². The molecule has 112 valence electrons. The summed E-state index contributed by atoms with van der Waals surface area (Å²) in [4.78, 5) is 11.7. The van der Waals surface area contributed by atoms with Gasteiger partial charge >= 0.3 is 0 Å². The molecule has 7 nitrogen and oxygen atoms in total. The van der Waals surface area contributed by atoms with Crippen molar-refractivity contribution in [2.75, 3.05) is 30.0 Å². The van der Waals surface area contributed by atoms with E-state index in [1.165, 1.54) is 7.11 Å². The fraction of sp³-hybridized carbons (Fsp3) is 0.417. The molecule has 0 aliphatic carbocycles. The van der Waals surface area contributed by atoms with Gasteiger partial charge in [0.2, 0.25) is 15.9 Å². The third kappa shape index (κ3) is 5.16. The molecule has 1 rings (SSSR count). The van der Waals surface area contributed by atoms with Gasteiger partial charge in [-0.1, -0.05) is 0 Å². The molecule has 0 heterocycles. The van der Waals surface area contributed by atoms with E-state index in [9.17, 15) is 13.2 Å². The highest BCUT2D eigenvalue weighted by atomic mass is 32.2. The van der Waals surface area contributed by atoms with Crippen molar-refractivity contribution < 1.29 is 17.9 Å². The van der Waals surface area contributed by atoms with E-state index in [1.54, 1.807) is 25.1 Å². The molecule has 8 heteroatoms. The van der Waals surface area contributed by atoms with E-state index < -0.39 is 16.1 Å². The number of rotatable bonds is 6. The summed E-state index contributed by atoms with van der Waals surface area (Å²) in [5.41, 5.74) is 7.29. The average Bonchev–Trinajstić information content (AvgIpc) is 2.31. The first-order valence-corrected chi connectivity index (χ1v) is 7.76. The van der Waals surface area contributed by atoms with Crippen LogP contribution in [0.4, 0.5) is 11.4 Å². The second-order valence-corrected chi connectivity index (χ2v) is 6.20. The highest BCUT2D eigenvalue weighted by Gasteiger charge is 2.13. The van der Waals surface area contributed by atoms with Crippen LogP contribution in [0.1, 0.15) is 5.56 Å². The summed E-state index contributed by atoms with van der Waals surface area (Å²) in [6.07, 6.45) is 1.08. The summed E-state index contributed by atoms with van der Waals surface area (Å²) in [6.45, 7) is 1.86. The van der Waals surface area contributed by atoms with Gasteiger partial charge in [0.05, 0.1) is 18.6 Å². The summed E-state index contributed by atoms with van der Waals surface area (Å²) >= 11 is 0. The Morgan fingerprint density at radius 2 is 2.10 bits per heavy atom. The Balaban J connectivity index is 2.80. The van der Waals surface area contributed by atoms with Crippen molar-refractivity contribution in [3.05, 3.63) is 23.8 Å². The minimum Gasteiger partial charge on any atom is -0.383 e. The van der Waals surface area contributed by atoms with Crippen LogP contribution in [0.2, 0.25) is 0 Å². The number of hydrogen-bond acceptors (Lipinski definition) is 5. The van der Waals surface area contributed by atoms with Crippen molar-refractivity contribution in [1.82, 2.24) is 0 Å². The van der Waals surface area contributed by atoms with Crippen LogP contribution in [0, 0.1) is 6.92 Å². The molecule has 1 atom stereocenters. The highest BCUT2D eigenvalue weighted by molar-refractivity contribution is 7.92. The number of amides is 1. The number of ether oxygens (including phenoxy) is 1.